The van der Waals surface area contributed by atoms with Gasteiger partial charge in [0.15, 0.2) is 0 Å². The van der Waals surface area contributed by atoms with Crippen LogP contribution in [0.4, 0.5) is 4.39 Å². The summed E-state index contributed by atoms with van der Waals surface area (Å²) < 4.78 is 35.7. The van der Waals surface area contributed by atoms with Crippen LogP contribution in [0.15, 0.2) is 36.5 Å². The van der Waals surface area contributed by atoms with Crippen molar-refractivity contribution in [1.29, 1.82) is 0 Å². The number of nitrogens with zero attached hydrogens (tertiary/aromatic N) is 1. The minimum absolute atomic E-state index is 0. The molecule has 0 saturated heterocycles. The van der Waals surface area contributed by atoms with Gasteiger partial charge in [-0.2, -0.15) is 8.42 Å². The van der Waals surface area contributed by atoms with Gasteiger partial charge in [0.05, 0.1) is 11.7 Å². The van der Waals surface area contributed by atoms with Gasteiger partial charge in [0.25, 0.3) is 0 Å². The second-order valence-electron chi connectivity index (χ2n) is 3.71. The van der Waals surface area contributed by atoms with E-state index in [4.69, 9.17) is 5.14 Å². The summed E-state index contributed by atoms with van der Waals surface area (Å²) in [5.41, 5.74) is -0.189. The maximum atomic E-state index is 12.8. The van der Waals surface area contributed by atoms with Gasteiger partial charge < -0.3 is 9.90 Å². The third kappa shape index (κ3) is 3.28. The van der Waals surface area contributed by atoms with Crippen molar-refractivity contribution in [1.82, 2.24) is 3.97 Å². The quantitative estimate of drug-likeness (QED) is 0.600. The number of halogens is 1. The van der Waals surface area contributed by atoms with E-state index in [1.165, 1.54) is 18.2 Å². The van der Waals surface area contributed by atoms with E-state index in [0.717, 1.165) is 18.3 Å². The number of hydrogen-bond donors (Lipinski definition) is 1. The first kappa shape index (κ1) is 16.9. The second kappa shape index (κ2) is 6.06. The third-order valence-electron chi connectivity index (χ3n) is 2.47. The number of carboxylic acid groups (broad SMARTS) is 1. The van der Waals surface area contributed by atoms with Gasteiger partial charge in [-0.05, 0) is 23.8 Å². The Kier molecular flexibility index (Phi) is 5.11. The summed E-state index contributed by atoms with van der Waals surface area (Å²) in [5.74, 6) is -2.19. The van der Waals surface area contributed by atoms with Crippen LogP contribution in [0.3, 0.4) is 0 Å². The molecule has 9 heteroatoms. The molecule has 0 spiro atoms. The van der Waals surface area contributed by atoms with Crippen molar-refractivity contribution in [2.75, 3.05) is 0 Å². The molecule has 0 saturated carbocycles. The number of carbonyl (C=O) groups is 1. The van der Waals surface area contributed by atoms with Crippen molar-refractivity contribution >= 4 is 16.2 Å². The van der Waals surface area contributed by atoms with E-state index in [-0.39, 0.29) is 35.1 Å². The Morgan fingerprint density at radius 1 is 1.20 bits per heavy atom. The largest absolute Gasteiger partial charge is 1.00 e. The molecular formula is C11H8FN2NaO4S. The predicted octanol–water partition coefficient (Wildman–Crippen LogP) is -3.29. The first-order valence-corrected chi connectivity index (χ1v) is 6.53. The third-order valence-corrected chi connectivity index (χ3v) is 3.33. The number of carbonyl (C=O) groups excluding carboxylic acids is 1. The standard InChI is InChI=1S/C11H9FN2O4S.Na/c12-8-3-1-7(2-4-8)9-5-6-14(19(13,17)18)10(9)11(15)16;/h1-6H,(H,15,16)(H2,13,17,18);/q;+1/p-1. The van der Waals surface area contributed by atoms with Crippen LogP contribution in [0.1, 0.15) is 10.5 Å². The first-order valence-electron chi connectivity index (χ1n) is 5.02. The molecule has 2 N–H and O–H groups in total. The summed E-state index contributed by atoms with van der Waals surface area (Å²) >= 11 is 0. The van der Waals surface area contributed by atoms with Gasteiger partial charge in [0, 0.05) is 11.8 Å². The molecule has 0 atom stereocenters. The summed E-state index contributed by atoms with van der Waals surface area (Å²) in [6, 6.07) is 6.16. The fourth-order valence-corrected chi connectivity index (χ4v) is 2.35. The van der Waals surface area contributed by atoms with Gasteiger partial charge in [0.2, 0.25) is 0 Å². The Hall–Kier alpha value is -1.19. The molecule has 2 rings (SSSR count). The van der Waals surface area contributed by atoms with Crippen molar-refractivity contribution in [2.45, 2.75) is 0 Å². The second-order valence-corrected chi connectivity index (χ2v) is 5.14. The van der Waals surface area contributed by atoms with E-state index in [9.17, 15) is 22.7 Å². The predicted molar refractivity (Wildman–Crippen MR) is 62.7 cm³/mol. The van der Waals surface area contributed by atoms with E-state index in [0.29, 0.717) is 9.54 Å². The molecule has 0 bridgehead atoms. The van der Waals surface area contributed by atoms with Crippen LogP contribution in [-0.4, -0.2) is 18.4 Å². The Morgan fingerprint density at radius 3 is 2.20 bits per heavy atom. The number of aromatic nitrogens is 1. The van der Waals surface area contributed by atoms with Crippen LogP contribution in [0.25, 0.3) is 11.1 Å². The molecule has 0 amide bonds. The minimum atomic E-state index is -4.25. The molecule has 0 radical (unpaired) electrons. The number of nitrogens with two attached hydrogens (primary N) is 1. The van der Waals surface area contributed by atoms with Gasteiger partial charge in [-0.1, -0.05) is 12.1 Å². The minimum Gasteiger partial charge on any atom is -0.543 e. The van der Waals surface area contributed by atoms with Gasteiger partial charge in [-0.25, -0.2) is 13.5 Å². The SMILES string of the molecule is NS(=O)(=O)n1ccc(-c2ccc(F)cc2)c1C(=O)[O-].[Na+]. The summed E-state index contributed by atoms with van der Waals surface area (Å²) in [6.07, 6.45) is 0.999. The molecule has 2 aromatic rings. The summed E-state index contributed by atoms with van der Waals surface area (Å²) in [7, 11) is -4.25. The molecule has 0 unspecified atom stereocenters. The topological polar surface area (TPSA) is 105 Å². The first-order chi connectivity index (χ1) is 8.80. The molecule has 0 aliphatic rings. The van der Waals surface area contributed by atoms with Crippen LogP contribution in [-0.2, 0) is 10.2 Å². The van der Waals surface area contributed by atoms with E-state index in [1.807, 2.05) is 0 Å². The Bertz CT molecular complexity index is 740. The number of benzene rings is 1. The number of hydrogen-bond acceptors (Lipinski definition) is 4. The van der Waals surface area contributed by atoms with Crippen molar-refractivity contribution in [3.8, 4) is 11.1 Å². The van der Waals surface area contributed by atoms with Crippen LogP contribution >= 0.6 is 0 Å². The molecule has 100 valence electrons. The van der Waals surface area contributed by atoms with Gasteiger partial charge >= 0.3 is 39.8 Å². The Morgan fingerprint density at radius 2 is 1.75 bits per heavy atom. The van der Waals surface area contributed by atoms with E-state index < -0.39 is 27.7 Å². The molecule has 0 aliphatic carbocycles. The van der Waals surface area contributed by atoms with Gasteiger partial charge in [-0.15, -0.1) is 0 Å². The maximum absolute atomic E-state index is 12.8. The van der Waals surface area contributed by atoms with Crippen LogP contribution in [0.2, 0.25) is 0 Å². The Balaban J connectivity index is 0.00000200. The van der Waals surface area contributed by atoms with Crippen LogP contribution in [0.5, 0.6) is 0 Å². The number of rotatable bonds is 3. The zero-order valence-corrected chi connectivity index (χ0v) is 13.2. The number of aromatic carboxylic acids is 1. The maximum Gasteiger partial charge on any atom is 1.00 e. The van der Waals surface area contributed by atoms with Gasteiger partial charge in [0.1, 0.15) is 5.82 Å². The molecule has 1 aromatic carbocycles. The average Bonchev–Trinajstić information content (AvgIpc) is 2.74. The summed E-state index contributed by atoms with van der Waals surface area (Å²) in [6.45, 7) is 0. The van der Waals surface area contributed by atoms with E-state index in [1.54, 1.807) is 0 Å². The average molecular weight is 306 g/mol. The number of carboxylic acids is 1. The van der Waals surface area contributed by atoms with Crippen LogP contribution < -0.4 is 39.8 Å². The molecule has 6 nitrogen and oxygen atoms in total. The molecule has 0 aliphatic heterocycles. The zero-order chi connectivity index (χ0) is 14.2. The van der Waals surface area contributed by atoms with E-state index in [2.05, 4.69) is 0 Å². The van der Waals surface area contributed by atoms with Crippen molar-refractivity contribution < 1.29 is 52.3 Å². The van der Waals surface area contributed by atoms with E-state index >= 15 is 0 Å². The normalized spacial score (nSPS) is 10.9. The summed E-state index contributed by atoms with van der Waals surface area (Å²) in [4.78, 5) is 11.1. The molecule has 1 heterocycles. The fourth-order valence-electron chi connectivity index (χ4n) is 1.69. The molecule has 0 fully saturated rings. The van der Waals surface area contributed by atoms with Gasteiger partial charge in [-0.3, -0.25) is 0 Å². The van der Waals surface area contributed by atoms with Crippen molar-refractivity contribution in [3.05, 3.63) is 48.0 Å². The molecule has 20 heavy (non-hydrogen) atoms. The smallest absolute Gasteiger partial charge is 0.543 e. The summed E-state index contributed by atoms with van der Waals surface area (Å²) in [5, 5.41) is 16.0. The molecule has 1 aromatic heterocycles. The monoisotopic (exact) mass is 306 g/mol. The van der Waals surface area contributed by atoms with Crippen molar-refractivity contribution in [3.63, 3.8) is 0 Å². The molecular weight excluding hydrogens is 298 g/mol. The zero-order valence-electron chi connectivity index (χ0n) is 10.4. The van der Waals surface area contributed by atoms with Crippen molar-refractivity contribution in [2.24, 2.45) is 5.14 Å². The van der Waals surface area contributed by atoms with Crippen LogP contribution in [0, 0.1) is 5.82 Å². The fraction of sp³-hybridized carbons (Fsp3) is 0. The Labute approximate surface area is 136 Å².